The van der Waals surface area contributed by atoms with Crippen molar-refractivity contribution in [3.8, 4) is 22.4 Å². The van der Waals surface area contributed by atoms with E-state index in [-0.39, 0.29) is 23.2 Å². The number of benzene rings is 1. The van der Waals surface area contributed by atoms with Crippen molar-refractivity contribution in [2.45, 2.75) is 51.4 Å². The van der Waals surface area contributed by atoms with Crippen molar-refractivity contribution in [2.24, 2.45) is 0 Å². The first-order chi connectivity index (χ1) is 17.1. The topological polar surface area (TPSA) is 82.6 Å². The minimum absolute atomic E-state index is 0.0156. The molecule has 4 heterocycles. The van der Waals surface area contributed by atoms with Crippen LogP contribution in [0.4, 0.5) is 19.1 Å². The van der Waals surface area contributed by atoms with Crippen molar-refractivity contribution in [3.63, 3.8) is 0 Å². The Morgan fingerprint density at radius 3 is 2.61 bits per heavy atom. The van der Waals surface area contributed by atoms with Crippen LogP contribution in [-0.4, -0.2) is 54.7 Å². The molecule has 1 atom stereocenters. The van der Waals surface area contributed by atoms with Crippen LogP contribution in [-0.2, 0) is 6.18 Å². The Morgan fingerprint density at radius 2 is 1.89 bits per heavy atom. The fourth-order valence-corrected chi connectivity index (χ4v) is 4.71. The lowest BCUT2D eigenvalue weighted by molar-refractivity contribution is -0.137. The Labute approximate surface area is 207 Å². The fourth-order valence-electron chi connectivity index (χ4n) is 4.71. The fraction of sp³-hybridized carbons (Fsp3) is 0.385. The third kappa shape index (κ3) is 4.90. The molecule has 7 nitrogen and oxygen atoms in total. The van der Waals surface area contributed by atoms with E-state index in [1.807, 2.05) is 18.2 Å². The van der Waals surface area contributed by atoms with E-state index in [0.717, 1.165) is 43.3 Å². The lowest BCUT2D eigenvalue weighted by Crippen LogP contribution is -2.50. The summed E-state index contributed by atoms with van der Waals surface area (Å²) in [5.74, 6) is 0.201. The number of alkyl halides is 3. The maximum absolute atomic E-state index is 14.0. The number of anilines is 1. The van der Waals surface area contributed by atoms with Crippen LogP contribution < -0.4 is 5.32 Å². The number of nitrogens with zero attached hydrogens (tertiary/aromatic N) is 5. The van der Waals surface area contributed by atoms with E-state index in [1.54, 1.807) is 24.7 Å². The van der Waals surface area contributed by atoms with Crippen LogP contribution in [0.15, 0.2) is 49.1 Å². The lowest BCUT2D eigenvalue weighted by Gasteiger charge is -2.41. The zero-order valence-corrected chi connectivity index (χ0v) is 20.4. The molecular weight excluding hydrogens is 467 g/mol. The quantitative estimate of drug-likeness (QED) is 0.374. The van der Waals surface area contributed by atoms with Crippen LogP contribution in [0.2, 0.25) is 0 Å². The van der Waals surface area contributed by atoms with Gasteiger partial charge >= 0.3 is 6.18 Å². The first-order valence-electron chi connectivity index (χ1n) is 11.9. The molecule has 0 unspecified atom stereocenters. The highest BCUT2D eigenvalue weighted by Crippen LogP contribution is 2.39. The highest BCUT2D eigenvalue weighted by Gasteiger charge is 2.36. The summed E-state index contributed by atoms with van der Waals surface area (Å²) in [6.07, 6.45) is 3.01. The third-order valence-electron chi connectivity index (χ3n) is 6.65. The van der Waals surface area contributed by atoms with Gasteiger partial charge in [-0.2, -0.15) is 23.4 Å². The summed E-state index contributed by atoms with van der Waals surface area (Å²) in [5.41, 5.74) is 1.83. The number of piperidine rings is 1. The number of hydrogen-bond acceptors (Lipinski definition) is 6. The average molecular weight is 496 g/mol. The van der Waals surface area contributed by atoms with Gasteiger partial charge in [0.05, 0.1) is 18.1 Å². The van der Waals surface area contributed by atoms with E-state index in [2.05, 4.69) is 56.1 Å². The molecule has 5 rings (SSSR count). The summed E-state index contributed by atoms with van der Waals surface area (Å²) in [5, 5.41) is 11.6. The molecule has 1 saturated heterocycles. The number of fused-ring (bicyclic) bond motifs is 1. The van der Waals surface area contributed by atoms with Gasteiger partial charge in [0.2, 0.25) is 5.95 Å². The van der Waals surface area contributed by atoms with Gasteiger partial charge in [-0.1, -0.05) is 12.1 Å². The minimum Gasteiger partial charge on any atom is -0.360 e. The largest absolute Gasteiger partial charge is 0.419 e. The number of likely N-dealkylation sites (tertiary alicyclic amines) is 1. The Bertz CT molecular complexity index is 1360. The van der Waals surface area contributed by atoms with Gasteiger partial charge in [0, 0.05) is 52.5 Å². The zero-order chi connectivity index (χ0) is 25.5. The molecule has 4 aromatic rings. The van der Waals surface area contributed by atoms with Crippen molar-refractivity contribution in [1.82, 2.24) is 30.0 Å². The van der Waals surface area contributed by atoms with E-state index in [4.69, 9.17) is 0 Å². The van der Waals surface area contributed by atoms with Gasteiger partial charge < -0.3 is 10.3 Å². The Hall–Kier alpha value is -3.53. The van der Waals surface area contributed by atoms with Crippen LogP contribution in [0, 0.1) is 0 Å². The SMILES string of the molecule is CC(C)(C)N1CCC[C@H](Nc2ncc(C(F)(F)F)c(-c3c[nH]c4cc(-c5ccnnc5)ccc34)n2)C1. The molecule has 1 aliphatic rings. The normalized spacial score (nSPS) is 17.4. The highest BCUT2D eigenvalue weighted by atomic mass is 19.4. The molecule has 3 aromatic heterocycles. The number of H-pyrrole nitrogens is 1. The van der Waals surface area contributed by atoms with E-state index in [9.17, 15) is 13.2 Å². The summed E-state index contributed by atoms with van der Waals surface area (Å²) in [6.45, 7) is 8.26. The predicted molar refractivity (Wildman–Crippen MR) is 133 cm³/mol. The van der Waals surface area contributed by atoms with Crippen molar-refractivity contribution in [3.05, 3.63) is 54.6 Å². The number of halogens is 3. The number of nitrogens with one attached hydrogen (secondary N) is 2. The van der Waals surface area contributed by atoms with Crippen LogP contribution in [0.25, 0.3) is 33.3 Å². The average Bonchev–Trinajstić information content (AvgIpc) is 3.27. The summed E-state index contributed by atoms with van der Waals surface area (Å²) in [6, 6.07) is 7.42. The standard InChI is InChI=1S/C26H28F3N7/c1-25(2,3)36-10-4-5-18(15-36)34-24-31-14-21(26(27,28)29)23(35-24)20-13-30-22-11-16(6-7-19(20)22)17-8-9-32-33-12-17/h6-9,11-14,18,30H,4-5,10,15H2,1-3H3,(H,31,34,35)/t18-/m0/s1. The maximum Gasteiger partial charge on any atom is 0.419 e. The minimum atomic E-state index is -4.59. The van der Waals surface area contributed by atoms with E-state index < -0.39 is 11.7 Å². The smallest absolute Gasteiger partial charge is 0.360 e. The van der Waals surface area contributed by atoms with Crippen molar-refractivity contribution in [2.75, 3.05) is 18.4 Å². The molecule has 0 radical (unpaired) electrons. The lowest BCUT2D eigenvalue weighted by atomic mass is 9.98. The summed E-state index contributed by atoms with van der Waals surface area (Å²) < 4.78 is 41.9. The van der Waals surface area contributed by atoms with Crippen LogP contribution >= 0.6 is 0 Å². The van der Waals surface area contributed by atoms with Gasteiger partial charge in [0.25, 0.3) is 0 Å². The Kier molecular flexibility index (Phi) is 6.15. The molecule has 1 fully saturated rings. The highest BCUT2D eigenvalue weighted by molar-refractivity contribution is 5.97. The molecule has 0 aliphatic carbocycles. The van der Waals surface area contributed by atoms with E-state index in [1.165, 1.54) is 0 Å². The van der Waals surface area contributed by atoms with Gasteiger partial charge in [-0.05, 0) is 57.9 Å². The van der Waals surface area contributed by atoms with Crippen molar-refractivity contribution < 1.29 is 13.2 Å². The summed E-state index contributed by atoms with van der Waals surface area (Å²) in [7, 11) is 0. The first-order valence-corrected chi connectivity index (χ1v) is 11.9. The second kappa shape index (κ2) is 9.16. The van der Waals surface area contributed by atoms with E-state index >= 15 is 0 Å². The molecule has 0 bridgehead atoms. The molecule has 36 heavy (non-hydrogen) atoms. The Balaban J connectivity index is 1.50. The van der Waals surface area contributed by atoms with Crippen LogP contribution in [0.5, 0.6) is 0 Å². The van der Waals surface area contributed by atoms with Gasteiger partial charge in [0.15, 0.2) is 0 Å². The predicted octanol–water partition coefficient (Wildman–Crippen LogP) is 5.78. The third-order valence-corrected chi connectivity index (χ3v) is 6.65. The molecule has 0 saturated carbocycles. The zero-order valence-electron chi connectivity index (χ0n) is 20.4. The number of aromatic nitrogens is 5. The van der Waals surface area contributed by atoms with Crippen molar-refractivity contribution in [1.29, 1.82) is 0 Å². The Morgan fingerprint density at radius 1 is 1.06 bits per heavy atom. The molecule has 188 valence electrons. The molecule has 1 aliphatic heterocycles. The van der Waals surface area contributed by atoms with Crippen LogP contribution in [0.3, 0.4) is 0 Å². The van der Waals surface area contributed by atoms with Gasteiger partial charge in [0.1, 0.15) is 5.56 Å². The van der Waals surface area contributed by atoms with Crippen LogP contribution in [0.1, 0.15) is 39.2 Å². The second-order valence-electron chi connectivity index (χ2n) is 10.1. The number of hydrogen-bond donors (Lipinski definition) is 2. The monoisotopic (exact) mass is 495 g/mol. The van der Waals surface area contributed by atoms with Gasteiger partial charge in [-0.3, -0.25) is 4.90 Å². The first kappa shape index (κ1) is 24.2. The summed E-state index contributed by atoms with van der Waals surface area (Å²) in [4.78, 5) is 13.9. The molecular formula is C26H28F3N7. The summed E-state index contributed by atoms with van der Waals surface area (Å²) >= 11 is 0. The maximum atomic E-state index is 14.0. The number of rotatable bonds is 4. The van der Waals surface area contributed by atoms with Gasteiger partial charge in [-0.25, -0.2) is 9.97 Å². The second-order valence-corrected chi connectivity index (χ2v) is 10.1. The molecule has 10 heteroatoms. The molecule has 0 amide bonds. The number of aromatic amines is 1. The molecule has 1 aromatic carbocycles. The molecule has 0 spiro atoms. The van der Waals surface area contributed by atoms with Crippen molar-refractivity contribution >= 4 is 16.9 Å². The van der Waals surface area contributed by atoms with E-state index in [0.29, 0.717) is 16.5 Å². The van der Waals surface area contributed by atoms with Gasteiger partial charge in [-0.15, -0.1) is 0 Å². The molecule has 2 N–H and O–H groups in total.